The summed E-state index contributed by atoms with van der Waals surface area (Å²) in [6, 6.07) is 8.19. The van der Waals surface area contributed by atoms with Crippen molar-refractivity contribution in [2.24, 2.45) is 5.16 Å². The van der Waals surface area contributed by atoms with Gasteiger partial charge in [0, 0.05) is 11.9 Å². The van der Waals surface area contributed by atoms with E-state index in [4.69, 9.17) is 20.8 Å². The molecule has 1 saturated carbocycles. The zero-order chi connectivity index (χ0) is 27.7. The molecule has 1 aliphatic carbocycles. The third-order valence-corrected chi connectivity index (χ3v) is 7.15. The molecule has 208 valence electrons. The molecule has 0 radical (unpaired) electrons. The number of amides is 1. The fourth-order valence-electron chi connectivity index (χ4n) is 4.64. The quantitative estimate of drug-likeness (QED) is 0.188. The Morgan fingerprint density at radius 3 is 2.56 bits per heavy atom. The third kappa shape index (κ3) is 6.32. The molecule has 1 aliphatic heterocycles. The zero-order valence-electron chi connectivity index (χ0n) is 20.7. The number of nitrogens with zero attached hydrogens (tertiary/aromatic N) is 2. The van der Waals surface area contributed by atoms with Crippen LogP contribution in [0.4, 0.5) is 13.2 Å². The van der Waals surface area contributed by atoms with E-state index in [1.807, 2.05) is 0 Å². The van der Waals surface area contributed by atoms with Crippen molar-refractivity contribution in [3.8, 4) is 5.75 Å². The van der Waals surface area contributed by atoms with Crippen molar-refractivity contribution >= 4 is 34.2 Å². The van der Waals surface area contributed by atoms with Crippen molar-refractivity contribution in [3.63, 3.8) is 0 Å². The van der Waals surface area contributed by atoms with Gasteiger partial charge in [-0.3, -0.25) is 4.79 Å². The molecule has 1 saturated heterocycles. The zero-order valence-corrected chi connectivity index (χ0v) is 21.5. The lowest BCUT2D eigenvalue weighted by Gasteiger charge is -2.29. The monoisotopic (exact) mass is 565 g/mol. The van der Waals surface area contributed by atoms with Gasteiger partial charge in [-0.1, -0.05) is 22.8 Å². The van der Waals surface area contributed by atoms with Gasteiger partial charge in [-0.05, 0) is 80.7 Å². The first-order valence-electron chi connectivity index (χ1n) is 12.6. The highest BCUT2D eigenvalue weighted by Crippen LogP contribution is 2.35. The maximum absolute atomic E-state index is 13.2. The number of alkyl halides is 3. The summed E-state index contributed by atoms with van der Waals surface area (Å²) in [6.07, 6.45) is -1.68. The van der Waals surface area contributed by atoms with Crippen LogP contribution in [0.5, 0.6) is 5.75 Å². The molecule has 2 aliphatic rings. The number of hydrogen-bond acceptors (Lipinski definition) is 7. The summed E-state index contributed by atoms with van der Waals surface area (Å²) in [7, 11) is 0. The van der Waals surface area contributed by atoms with Crippen molar-refractivity contribution in [1.29, 1.82) is 0 Å². The lowest BCUT2D eigenvalue weighted by molar-refractivity contribution is -0.137. The topological polar surface area (TPSA) is 108 Å². The van der Waals surface area contributed by atoms with Crippen molar-refractivity contribution in [1.82, 2.24) is 10.2 Å². The molecule has 0 bridgehead atoms. The predicted molar refractivity (Wildman–Crippen MR) is 137 cm³/mol. The van der Waals surface area contributed by atoms with Crippen LogP contribution in [-0.2, 0) is 11.0 Å². The van der Waals surface area contributed by atoms with Gasteiger partial charge in [0.05, 0.1) is 22.7 Å². The number of carbonyl (C=O) groups excluding carboxylic acids is 1. The van der Waals surface area contributed by atoms with E-state index in [1.165, 1.54) is 6.07 Å². The second-order valence-electron chi connectivity index (χ2n) is 9.85. The number of halogens is 4. The number of ether oxygens (including phenoxy) is 1. The molecule has 39 heavy (non-hydrogen) atoms. The summed E-state index contributed by atoms with van der Waals surface area (Å²) < 4.78 is 50.6. The van der Waals surface area contributed by atoms with Crippen LogP contribution in [0.2, 0.25) is 5.02 Å². The Hall–Kier alpha value is -3.28. The third-order valence-electron chi connectivity index (χ3n) is 6.86. The first-order chi connectivity index (χ1) is 18.6. The van der Waals surface area contributed by atoms with Gasteiger partial charge in [0.15, 0.2) is 5.76 Å². The molecule has 12 heteroatoms. The van der Waals surface area contributed by atoms with Gasteiger partial charge >= 0.3 is 6.18 Å². The summed E-state index contributed by atoms with van der Waals surface area (Å²) >= 11 is 6.39. The molecule has 3 N–H and O–H groups in total. The second kappa shape index (κ2) is 11.1. The molecule has 3 aromatic rings. The van der Waals surface area contributed by atoms with Crippen molar-refractivity contribution in [3.05, 3.63) is 64.4 Å². The highest BCUT2D eigenvalue weighted by atomic mass is 35.5. The van der Waals surface area contributed by atoms with Crippen LogP contribution in [0, 0.1) is 0 Å². The van der Waals surface area contributed by atoms with Gasteiger partial charge < -0.3 is 29.7 Å². The van der Waals surface area contributed by atoms with Crippen LogP contribution < -0.4 is 10.1 Å². The van der Waals surface area contributed by atoms with Crippen LogP contribution in [0.1, 0.15) is 48.7 Å². The Kier molecular flexibility index (Phi) is 7.75. The molecule has 2 aromatic carbocycles. The van der Waals surface area contributed by atoms with E-state index < -0.39 is 35.5 Å². The average Bonchev–Trinajstić information content (AvgIpc) is 3.37. The molecule has 5 rings (SSSR count). The number of furan rings is 1. The molecule has 2 heterocycles. The van der Waals surface area contributed by atoms with E-state index in [-0.39, 0.29) is 22.8 Å². The molecule has 0 spiro atoms. The molecule has 1 aromatic heterocycles. The molecule has 2 atom stereocenters. The number of nitrogens with one attached hydrogen (secondary N) is 1. The van der Waals surface area contributed by atoms with E-state index in [9.17, 15) is 28.3 Å². The lowest BCUT2D eigenvalue weighted by Crippen LogP contribution is -2.48. The molecular formula is C27H27ClF3N3O5. The fraction of sp³-hybridized carbons (Fsp3) is 0.407. The highest BCUT2D eigenvalue weighted by Gasteiger charge is 2.33. The molecule has 1 amide bonds. The molecule has 2 fully saturated rings. The van der Waals surface area contributed by atoms with E-state index >= 15 is 0 Å². The van der Waals surface area contributed by atoms with Crippen LogP contribution in [0.3, 0.4) is 0 Å². The molecule has 0 unspecified atom stereocenters. The van der Waals surface area contributed by atoms with Crippen LogP contribution in [-0.4, -0.2) is 58.6 Å². The maximum Gasteiger partial charge on any atom is 0.416 e. The average molecular weight is 566 g/mol. The Bertz CT molecular complexity index is 1380. The summed E-state index contributed by atoms with van der Waals surface area (Å²) in [4.78, 5) is 15.3. The number of hydrogen-bond donors (Lipinski definition) is 3. The number of rotatable bonds is 9. The first-order valence-corrected chi connectivity index (χ1v) is 13.0. The number of fused-ring (bicyclic) bond motifs is 1. The fourth-order valence-corrected chi connectivity index (χ4v) is 4.88. The van der Waals surface area contributed by atoms with Crippen molar-refractivity contribution in [2.75, 3.05) is 19.6 Å². The normalized spacial score (nSPS) is 18.3. The van der Waals surface area contributed by atoms with E-state index in [0.29, 0.717) is 22.9 Å². The Labute approximate surface area is 227 Å². The summed E-state index contributed by atoms with van der Waals surface area (Å²) in [6.45, 7) is 1.89. The number of benzene rings is 2. The van der Waals surface area contributed by atoms with Gasteiger partial charge in [0.1, 0.15) is 17.4 Å². The van der Waals surface area contributed by atoms with Crippen LogP contribution >= 0.6 is 11.6 Å². The number of aliphatic hydroxyl groups is 1. The minimum Gasteiger partial charge on any atom is -0.489 e. The number of aliphatic hydroxyl groups excluding tert-OH is 1. The molecule has 8 nitrogen and oxygen atoms in total. The Morgan fingerprint density at radius 1 is 1.18 bits per heavy atom. The summed E-state index contributed by atoms with van der Waals surface area (Å²) in [5.41, 5.74) is -0.873. The maximum atomic E-state index is 13.2. The Morgan fingerprint density at radius 2 is 1.92 bits per heavy atom. The largest absolute Gasteiger partial charge is 0.489 e. The minimum atomic E-state index is -4.55. The number of oxime groups is 1. The van der Waals surface area contributed by atoms with E-state index in [1.54, 1.807) is 18.2 Å². The number of carbonyl (C=O) groups is 1. The van der Waals surface area contributed by atoms with Gasteiger partial charge in [0.25, 0.3) is 5.91 Å². The van der Waals surface area contributed by atoms with Crippen LogP contribution in [0.15, 0.2) is 52.0 Å². The lowest BCUT2D eigenvalue weighted by atomic mass is 10.0. The van der Waals surface area contributed by atoms with Gasteiger partial charge in [-0.15, -0.1) is 0 Å². The molecular weight excluding hydrogens is 539 g/mol. The number of likely N-dealkylation sites (tertiary alicyclic amines) is 1. The minimum absolute atomic E-state index is 0.0868. The summed E-state index contributed by atoms with van der Waals surface area (Å²) in [5.74, 6) is -0.567. The Balaban J connectivity index is 1.37. The van der Waals surface area contributed by atoms with E-state index in [2.05, 4.69) is 15.4 Å². The van der Waals surface area contributed by atoms with Gasteiger partial charge in [0.2, 0.25) is 5.71 Å². The summed E-state index contributed by atoms with van der Waals surface area (Å²) in [5, 5.41) is 27.1. The first kappa shape index (κ1) is 27.3. The highest BCUT2D eigenvalue weighted by molar-refractivity contribution is 6.44. The smallest absolute Gasteiger partial charge is 0.416 e. The van der Waals surface area contributed by atoms with Gasteiger partial charge in [-0.25, -0.2) is 0 Å². The standard InChI is InChI=1S/C27H27ClF3N3O5/c28-19-12-15(3-7-22(19)38-18-5-6-18)25(35)20(14-34-9-1-2-10-34)32-26(36)24(33-37)23-13-16-11-17(27(29,30)31)4-8-21(16)39-23/h3-4,7-8,11-13,18,20,25,35,37H,1-2,5-6,9-10,14H2,(H,32,36)/b33-24+/t20-,25-/m1/s1. The predicted octanol–water partition coefficient (Wildman–Crippen LogP) is 5.14. The van der Waals surface area contributed by atoms with Crippen molar-refractivity contribution < 1.29 is 37.4 Å². The SMILES string of the molecule is O=C(N[C@H](CN1CCCC1)[C@H](O)c1ccc(OC2CC2)c(Cl)c1)/C(=N/O)c1cc2cc(C(F)(F)F)ccc2o1. The second-order valence-corrected chi connectivity index (χ2v) is 10.3. The van der Waals surface area contributed by atoms with Crippen LogP contribution in [0.25, 0.3) is 11.0 Å². The van der Waals surface area contributed by atoms with Crippen molar-refractivity contribution in [2.45, 2.75) is 50.1 Å². The van der Waals surface area contributed by atoms with E-state index in [0.717, 1.165) is 57.0 Å². The van der Waals surface area contributed by atoms with Gasteiger partial charge in [-0.2, -0.15) is 13.2 Å².